The van der Waals surface area contributed by atoms with Crippen LogP contribution in [0.3, 0.4) is 0 Å². The third kappa shape index (κ3) is 4.53. The summed E-state index contributed by atoms with van der Waals surface area (Å²) in [6, 6.07) is 8.06. The zero-order chi connectivity index (χ0) is 22.8. The van der Waals surface area contributed by atoms with E-state index in [9.17, 15) is 18.4 Å². The predicted molar refractivity (Wildman–Crippen MR) is 111 cm³/mol. The van der Waals surface area contributed by atoms with Crippen molar-refractivity contribution in [2.75, 3.05) is 0 Å². The average Bonchev–Trinajstić information content (AvgIpc) is 3.26. The number of carbonyl (C=O) groups is 1. The van der Waals surface area contributed by atoms with Crippen molar-refractivity contribution < 1.29 is 18.4 Å². The molecule has 0 unspecified atom stereocenters. The van der Waals surface area contributed by atoms with Gasteiger partial charge in [-0.25, -0.2) is 18.7 Å². The van der Waals surface area contributed by atoms with Crippen LogP contribution < -0.4 is 10.9 Å². The molecular weight excluding hydrogens is 420 g/mol. The van der Waals surface area contributed by atoms with E-state index in [1.165, 1.54) is 22.8 Å². The van der Waals surface area contributed by atoms with Crippen LogP contribution in [0.15, 0.2) is 52.5 Å². The molecule has 3 heterocycles. The minimum absolute atomic E-state index is 0.00722. The fourth-order valence-corrected chi connectivity index (χ4v) is 3.27. The number of aryl methyl sites for hydroxylation is 2. The first-order valence-electron chi connectivity index (χ1n) is 9.77. The fraction of sp³-hybridized carbons (Fsp3) is 0.227. The highest BCUT2D eigenvalue weighted by Crippen LogP contribution is 2.28. The Morgan fingerprint density at radius 2 is 2.00 bits per heavy atom. The number of carbonyl (C=O) groups excluding carboxylic acids is 1. The highest BCUT2D eigenvalue weighted by atomic mass is 19.2. The third-order valence-corrected chi connectivity index (χ3v) is 4.95. The molecule has 0 saturated carbocycles. The number of hydrogen-bond donors (Lipinski definition) is 1. The predicted octanol–water partition coefficient (Wildman–Crippen LogP) is 2.56. The second-order valence-electron chi connectivity index (χ2n) is 7.36. The van der Waals surface area contributed by atoms with Gasteiger partial charge in [0.2, 0.25) is 5.56 Å². The zero-order valence-electron chi connectivity index (χ0n) is 17.3. The molecule has 1 atom stereocenters. The number of nitrogens with one attached hydrogen (secondary N) is 1. The minimum atomic E-state index is -0.982. The maximum Gasteiger partial charge on any atom is 0.270 e. The van der Waals surface area contributed by atoms with Crippen molar-refractivity contribution in [3.63, 3.8) is 0 Å². The maximum atomic E-state index is 13.4. The molecule has 4 rings (SSSR count). The van der Waals surface area contributed by atoms with Gasteiger partial charge in [-0.05, 0) is 36.8 Å². The van der Waals surface area contributed by atoms with Gasteiger partial charge in [0.1, 0.15) is 17.2 Å². The topological polar surface area (TPSA) is 98.5 Å². The van der Waals surface area contributed by atoms with E-state index in [4.69, 9.17) is 4.84 Å². The van der Waals surface area contributed by atoms with Gasteiger partial charge in [0.25, 0.3) is 5.91 Å². The van der Waals surface area contributed by atoms with E-state index in [-0.39, 0.29) is 23.9 Å². The number of hydrogen-bond acceptors (Lipinski definition) is 6. The van der Waals surface area contributed by atoms with Crippen molar-refractivity contribution >= 4 is 11.6 Å². The summed E-state index contributed by atoms with van der Waals surface area (Å²) in [6.45, 7) is 1.66. The van der Waals surface area contributed by atoms with Gasteiger partial charge in [0, 0.05) is 37.8 Å². The summed E-state index contributed by atoms with van der Waals surface area (Å²) in [5.74, 6) is -2.06. The van der Waals surface area contributed by atoms with E-state index < -0.39 is 17.5 Å². The van der Waals surface area contributed by atoms with E-state index in [1.807, 2.05) is 0 Å². The molecule has 0 radical (unpaired) electrons. The second kappa shape index (κ2) is 8.66. The van der Waals surface area contributed by atoms with Crippen LogP contribution >= 0.6 is 0 Å². The molecule has 0 aliphatic carbocycles. The Balaban J connectivity index is 1.47. The summed E-state index contributed by atoms with van der Waals surface area (Å²) >= 11 is 0. The maximum absolute atomic E-state index is 13.4. The molecule has 1 aromatic carbocycles. The van der Waals surface area contributed by atoms with E-state index >= 15 is 0 Å². The molecule has 2 aromatic heterocycles. The molecule has 0 spiro atoms. The summed E-state index contributed by atoms with van der Waals surface area (Å²) in [5, 5.41) is 6.73. The summed E-state index contributed by atoms with van der Waals surface area (Å²) < 4.78 is 27.9. The summed E-state index contributed by atoms with van der Waals surface area (Å²) in [6.07, 6.45) is 1.72. The Bertz CT molecular complexity index is 1290. The lowest BCUT2D eigenvalue weighted by Gasteiger charge is -2.09. The van der Waals surface area contributed by atoms with Crippen molar-refractivity contribution in [1.29, 1.82) is 0 Å². The van der Waals surface area contributed by atoms with E-state index in [2.05, 4.69) is 20.4 Å². The van der Waals surface area contributed by atoms with Gasteiger partial charge in [0.05, 0.1) is 5.69 Å². The standard InChI is InChI=1S/C22H19F2N5O3/c1-12-26-17(18-9-20(32-28-18)14-4-6-21(30)29(2)11-14)8-19(27-12)22(31)25-10-13-3-5-15(23)16(24)7-13/h3-8,11,20H,9-10H2,1-2H3,(H,25,31)/t20-/m0/s1. The largest absolute Gasteiger partial charge is 0.387 e. The van der Waals surface area contributed by atoms with E-state index in [0.29, 0.717) is 29.2 Å². The van der Waals surface area contributed by atoms with Crippen LogP contribution in [0.25, 0.3) is 0 Å². The monoisotopic (exact) mass is 439 g/mol. The fourth-order valence-electron chi connectivity index (χ4n) is 3.27. The summed E-state index contributed by atoms with van der Waals surface area (Å²) in [4.78, 5) is 38.2. The Labute approximate surface area is 181 Å². The number of aromatic nitrogens is 3. The lowest BCUT2D eigenvalue weighted by Crippen LogP contribution is -2.25. The van der Waals surface area contributed by atoms with Crippen LogP contribution in [-0.4, -0.2) is 26.2 Å². The van der Waals surface area contributed by atoms with Crippen molar-refractivity contribution in [1.82, 2.24) is 19.9 Å². The Morgan fingerprint density at radius 1 is 1.19 bits per heavy atom. The van der Waals surface area contributed by atoms with Gasteiger partial charge in [0.15, 0.2) is 17.7 Å². The van der Waals surface area contributed by atoms with E-state index in [0.717, 1.165) is 17.7 Å². The third-order valence-electron chi connectivity index (χ3n) is 4.95. The van der Waals surface area contributed by atoms with Crippen molar-refractivity contribution in [3.8, 4) is 0 Å². The van der Waals surface area contributed by atoms with Crippen LogP contribution in [0.5, 0.6) is 0 Å². The van der Waals surface area contributed by atoms with Crippen LogP contribution in [0.2, 0.25) is 0 Å². The molecule has 0 saturated heterocycles. The van der Waals surface area contributed by atoms with Crippen LogP contribution in [0.4, 0.5) is 8.78 Å². The van der Waals surface area contributed by atoms with Gasteiger partial charge in [-0.1, -0.05) is 11.2 Å². The molecule has 8 nitrogen and oxygen atoms in total. The molecule has 1 N–H and O–H groups in total. The van der Waals surface area contributed by atoms with Gasteiger partial charge >= 0.3 is 0 Å². The second-order valence-corrected chi connectivity index (χ2v) is 7.36. The number of oxime groups is 1. The molecule has 0 fully saturated rings. The van der Waals surface area contributed by atoms with Gasteiger partial charge in [-0.2, -0.15) is 0 Å². The van der Waals surface area contributed by atoms with Crippen LogP contribution in [0.1, 0.15) is 45.7 Å². The highest BCUT2D eigenvalue weighted by molar-refractivity contribution is 6.02. The Hall–Kier alpha value is -3.95. The molecule has 3 aromatic rings. The van der Waals surface area contributed by atoms with E-state index in [1.54, 1.807) is 26.2 Å². The number of pyridine rings is 1. The number of benzene rings is 1. The van der Waals surface area contributed by atoms with Crippen LogP contribution in [-0.2, 0) is 18.4 Å². The van der Waals surface area contributed by atoms with Crippen molar-refractivity contribution in [2.45, 2.75) is 26.0 Å². The van der Waals surface area contributed by atoms with Gasteiger partial charge in [-0.15, -0.1) is 0 Å². The summed E-state index contributed by atoms with van der Waals surface area (Å²) in [7, 11) is 1.65. The quantitative estimate of drug-likeness (QED) is 0.659. The van der Waals surface area contributed by atoms with Crippen LogP contribution in [0, 0.1) is 18.6 Å². The molecule has 164 valence electrons. The zero-order valence-corrected chi connectivity index (χ0v) is 17.3. The number of halogens is 2. The smallest absolute Gasteiger partial charge is 0.270 e. The molecule has 1 aliphatic rings. The molecular formula is C22H19F2N5O3. The van der Waals surface area contributed by atoms with Crippen molar-refractivity contribution in [2.24, 2.45) is 12.2 Å². The first-order chi connectivity index (χ1) is 15.3. The average molecular weight is 439 g/mol. The van der Waals surface area contributed by atoms with Gasteiger partial charge in [-0.3, -0.25) is 9.59 Å². The minimum Gasteiger partial charge on any atom is -0.387 e. The normalized spacial score (nSPS) is 15.2. The summed E-state index contributed by atoms with van der Waals surface area (Å²) in [5.41, 5.74) is 2.19. The molecule has 1 aliphatic heterocycles. The Morgan fingerprint density at radius 3 is 2.75 bits per heavy atom. The Kier molecular flexibility index (Phi) is 5.76. The number of amides is 1. The molecule has 1 amide bonds. The SMILES string of the molecule is Cc1nc(C(=O)NCc2ccc(F)c(F)c2)cc(C2=NO[C@H](c3ccc(=O)n(C)c3)C2)n1. The number of rotatable bonds is 5. The molecule has 32 heavy (non-hydrogen) atoms. The van der Waals surface area contributed by atoms with Crippen molar-refractivity contribution in [3.05, 3.63) is 92.9 Å². The number of nitrogens with zero attached hydrogens (tertiary/aromatic N) is 4. The molecule has 10 heteroatoms. The first-order valence-corrected chi connectivity index (χ1v) is 9.77. The lowest BCUT2D eigenvalue weighted by molar-refractivity contribution is 0.0852. The molecule has 0 bridgehead atoms. The lowest BCUT2D eigenvalue weighted by atomic mass is 10.0. The van der Waals surface area contributed by atoms with Gasteiger partial charge < -0.3 is 14.7 Å². The highest BCUT2D eigenvalue weighted by Gasteiger charge is 2.26. The first kappa shape index (κ1) is 21.3.